The minimum Gasteiger partial charge on any atom is -0.390 e. The van der Waals surface area contributed by atoms with Crippen molar-refractivity contribution in [1.82, 2.24) is 29.6 Å². The number of nitrogens with zero attached hydrogens (tertiary/aromatic N) is 4. The molecule has 2 aromatic rings. The largest absolute Gasteiger partial charge is 0.390 e. The third-order valence-corrected chi connectivity index (χ3v) is 9.39. The fourth-order valence-electron chi connectivity index (χ4n) is 5.28. The van der Waals surface area contributed by atoms with Crippen LogP contribution in [0.4, 0.5) is 0 Å². The number of benzene rings is 1. The Morgan fingerprint density at radius 2 is 1.76 bits per heavy atom. The first-order valence-electron chi connectivity index (χ1n) is 15.0. The number of aliphatic hydroxyl groups is 1. The summed E-state index contributed by atoms with van der Waals surface area (Å²) in [5.74, 6) is -0.609. The zero-order valence-corrected chi connectivity index (χ0v) is 26.7. The number of nitrogens with one attached hydrogen (secondary N) is 2. The lowest BCUT2D eigenvalue weighted by molar-refractivity contribution is -0.141. The molecule has 1 saturated heterocycles. The lowest BCUT2D eigenvalue weighted by Gasteiger charge is -2.33. The molecule has 2 heterocycles. The van der Waals surface area contributed by atoms with Crippen molar-refractivity contribution >= 4 is 21.8 Å². The predicted molar refractivity (Wildman–Crippen MR) is 163 cm³/mol. The van der Waals surface area contributed by atoms with Gasteiger partial charge in [0, 0.05) is 43.9 Å². The molecule has 1 aromatic heterocycles. The van der Waals surface area contributed by atoms with Gasteiger partial charge < -0.3 is 15.3 Å². The van der Waals surface area contributed by atoms with Crippen molar-refractivity contribution in [2.75, 3.05) is 33.2 Å². The molecular weight excluding hydrogens is 556 g/mol. The molecular formula is C30H48N6O5S. The topological polar surface area (TPSA) is 137 Å². The van der Waals surface area contributed by atoms with E-state index in [4.69, 9.17) is 5.10 Å². The molecule has 1 aliphatic rings. The molecule has 0 aliphatic carbocycles. The molecule has 3 N–H and O–H groups in total. The number of amides is 2. The Kier molecular flexibility index (Phi) is 12.1. The van der Waals surface area contributed by atoms with Crippen LogP contribution in [-0.4, -0.2) is 90.3 Å². The highest BCUT2D eigenvalue weighted by Gasteiger charge is 2.34. The first-order chi connectivity index (χ1) is 19.9. The Bertz CT molecular complexity index is 1310. The average molecular weight is 605 g/mol. The minimum atomic E-state index is -3.53. The van der Waals surface area contributed by atoms with E-state index >= 15 is 0 Å². The number of carbonyl (C=O) groups is 2. The van der Waals surface area contributed by atoms with E-state index in [2.05, 4.69) is 21.9 Å². The molecule has 1 aromatic carbocycles. The van der Waals surface area contributed by atoms with Crippen LogP contribution in [0.15, 0.2) is 29.2 Å². The van der Waals surface area contributed by atoms with Crippen LogP contribution in [0.25, 0.3) is 5.69 Å². The molecule has 42 heavy (non-hydrogen) atoms. The molecule has 2 amide bonds. The second-order valence-corrected chi connectivity index (χ2v) is 13.3. The van der Waals surface area contributed by atoms with Gasteiger partial charge in [-0.15, -0.1) is 0 Å². The predicted octanol–water partition coefficient (Wildman–Crippen LogP) is 2.51. The van der Waals surface area contributed by atoms with Crippen molar-refractivity contribution in [3.63, 3.8) is 0 Å². The van der Waals surface area contributed by atoms with E-state index in [0.717, 1.165) is 48.4 Å². The molecule has 2 atom stereocenters. The van der Waals surface area contributed by atoms with Crippen LogP contribution in [-0.2, 0) is 26.2 Å². The van der Waals surface area contributed by atoms with Gasteiger partial charge in [0.05, 0.1) is 22.4 Å². The summed E-state index contributed by atoms with van der Waals surface area (Å²) in [6.07, 6.45) is 2.50. The molecule has 12 heteroatoms. The molecule has 0 bridgehead atoms. The average Bonchev–Trinajstić information content (AvgIpc) is 3.24. The number of aryl methyl sites for hydroxylation is 1. The standard InChI is InChI=1S/C30H48N6O5S/c1-7-8-18-35-19-10-17-34(16-9-11-27(37)32-28(30(35)39)29(38)21(2)3)20-26-22(4)33-36(23(26)5)24-12-14-25(15-13-24)42(40,41)31-6/h12-15,21,28-29,31,38H,7-11,16-20H2,1-6H3,(H,32,37)/t28-,29-/m1/s1. The van der Waals surface area contributed by atoms with Crippen molar-refractivity contribution < 1.29 is 23.1 Å². The quantitative estimate of drug-likeness (QED) is 0.379. The number of hydrogen-bond acceptors (Lipinski definition) is 7. The summed E-state index contributed by atoms with van der Waals surface area (Å²) in [4.78, 5) is 30.7. The summed E-state index contributed by atoms with van der Waals surface area (Å²) in [5, 5.41) is 18.4. The highest BCUT2D eigenvalue weighted by molar-refractivity contribution is 7.89. The summed E-state index contributed by atoms with van der Waals surface area (Å²) in [6.45, 7) is 13.0. The van der Waals surface area contributed by atoms with Crippen molar-refractivity contribution in [2.24, 2.45) is 5.92 Å². The summed E-state index contributed by atoms with van der Waals surface area (Å²) < 4.78 is 28.4. The normalized spacial score (nSPS) is 19.0. The third-order valence-electron chi connectivity index (χ3n) is 7.96. The molecule has 11 nitrogen and oxygen atoms in total. The van der Waals surface area contributed by atoms with Gasteiger partial charge in [0.25, 0.3) is 0 Å². The van der Waals surface area contributed by atoms with Gasteiger partial charge in [-0.3, -0.25) is 14.5 Å². The first-order valence-corrected chi connectivity index (χ1v) is 16.5. The highest BCUT2D eigenvalue weighted by atomic mass is 32.2. The van der Waals surface area contributed by atoms with Crippen molar-refractivity contribution in [3.05, 3.63) is 41.2 Å². The van der Waals surface area contributed by atoms with Gasteiger partial charge in [-0.25, -0.2) is 17.8 Å². The zero-order valence-electron chi connectivity index (χ0n) is 25.9. The van der Waals surface area contributed by atoms with Crippen molar-refractivity contribution in [1.29, 1.82) is 0 Å². The number of aromatic nitrogens is 2. The molecule has 0 radical (unpaired) electrons. The molecule has 1 fully saturated rings. The molecule has 0 saturated carbocycles. The molecule has 234 valence electrons. The van der Waals surface area contributed by atoms with Gasteiger partial charge in [-0.05, 0) is 76.9 Å². The third kappa shape index (κ3) is 8.40. The fourth-order valence-corrected chi connectivity index (χ4v) is 6.01. The first kappa shape index (κ1) is 33.7. The van der Waals surface area contributed by atoms with E-state index in [1.54, 1.807) is 29.2 Å². The summed E-state index contributed by atoms with van der Waals surface area (Å²) in [7, 11) is -2.14. The lowest BCUT2D eigenvalue weighted by atomic mass is 9.97. The monoisotopic (exact) mass is 604 g/mol. The second-order valence-electron chi connectivity index (χ2n) is 11.5. The Morgan fingerprint density at radius 1 is 1.10 bits per heavy atom. The Labute approximate surface area is 250 Å². The van der Waals surface area contributed by atoms with E-state index < -0.39 is 22.2 Å². The minimum absolute atomic E-state index is 0.164. The summed E-state index contributed by atoms with van der Waals surface area (Å²) >= 11 is 0. The van der Waals surface area contributed by atoms with Crippen LogP contribution in [0.3, 0.4) is 0 Å². The van der Waals surface area contributed by atoms with Crippen LogP contribution in [0.1, 0.15) is 69.8 Å². The van der Waals surface area contributed by atoms with Crippen molar-refractivity contribution in [2.45, 2.75) is 90.3 Å². The number of aliphatic hydroxyl groups excluding tert-OH is 1. The maximum atomic E-state index is 13.5. The number of unbranched alkanes of at least 4 members (excludes halogenated alkanes) is 1. The lowest BCUT2D eigenvalue weighted by Crippen LogP contribution is -2.56. The Morgan fingerprint density at radius 3 is 2.38 bits per heavy atom. The Hall–Kier alpha value is -2.80. The van der Waals surface area contributed by atoms with E-state index in [1.165, 1.54) is 7.05 Å². The van der Waals surface area contributed by atoms with Gasteiger partial charge >= 0.3 is 0 Å². The zero-order chi connectivity index (χ0) is 31.0. The number of hydrogen-bond donors (Lipinski definition) is 3. The number of carbonyl (C=O) groups excluding carboxylic acids is 2. The van der Waals surface area contributed by atoms with Gasteiger partial charge in [0.15, 0.2) is 0 Å². The van der Waals surface area contributed by atoms with E-state index in [1.807, 2.05) is 32.4 Å². The van der Waals surface area contributed by atoms with Crippen LogP contribution in [0.5, 0.6) is 0 Å². The van der Waals surface area contributed by atoms with Gasteiger partial charge in [0.2, 0.25) is 21.8 Å². The molecule has 3 rings (SSSR count). The second kappa shape index (κ2) is 15.1. The van der Waals surface area contributed by atoms with Crippen molar-refractivity contribution in [3.8, 4) is 5.69 Å². The van der Waals surface area contributed by atoms with E-state index in [9.17, 15) is 23.1 Å². The SMILES string of the molecule is CCCCN1CCCN(Cc2c(C)nn(-c3ccc(S(=O)(=O)NC)cc3)c2C)CCCC(=O)N[C@H]([C@H](O)C(C)C)C1=O. The van der Waals surface area contributed by atoms with Crippen LogP contribution in [0, 0.1) is 19.8 Å². The van der Waals surface area contributed by atoms with Gasteiger partial charge in [0.1, 0.15) is 6.04 Å². The highest BCUT2D eigenvalue weighted by Crippen LogP contribution is 2.22. The number of rotatable bonds is 10. The smallest absolute Gasteiger partial charge is 0.247 e. The maximum Gasteiger partial charge on any atom is 0.247 e. The molecule has 0 spiro atoms. The van der Waals surface area contributed by atoms with Crippen LogP contribution >= 0.6 is 0 Å². The number of sulfonamides is 1. The van der Waals surface area contributed by atoms with Crippen LogP contribution in [0.2, 0.25) is 0 Å². The molecule has 1 aliphatic heterocycles. The van der Waals surface area contributed by atoms with Gasteiger partial charge in [-0.2, -0.15) is 5.10 Å². The Balaban J connectivity index is 1.80. The van der Waals surface area contributed by atoms with E-state index in [0.29, 0.717) is 32.6 Å². The maximum absolute atomic E-state index is 13.5. The molecule has 0 unspecified atom stereocenters. The van der Waals surface area contributed by atoms with Crippen LogP contribution < -0.4 is 10.0 Å². The fraction of sp³-hybridized carbons (Fsp3) is 0.633. The summed E-state index contributed by atoms with van der Waals surface area (Å²) in [6, 6.07) is 5.68. The summed E-state index contributed by atoms with van der Waals surface area (Å²) in [5.41, 5.74) is 3.70. The van der Waals surface area contributed by atoms with Gasteiger partial charge in [-0.1, -0.05) is 27.2 Å². The van der Waals surface area contributed by atoms with E-state index in [-0.39, 0.29) is 29.0 Å².